The number of carbonyl (C=O) groups excluding carboxylic acids is 1. The van der Waals surface area contributed by atoms with Crippen LogP contribution in [0.15, 0.2) is 31.0 Å². The smallest absolute Gasteiger partial charge is 0.168 e. The third-order valence-electron chi connectivity index (χ3n) is 1.57. The molecule has 0 radical (unpaired) electrons. The number of pyridine rings is 1. The number of nitrogens with two attached hydrogens (primary N) is 1. The molecule has 62 valence electrons. The maximum atomic E-state index is 10.2. The van der Waals surface area contributed by atoms with Crippen molar-refractivity contribution in [3.8, 4) is 0 Å². The summed E-state index contributed by atoms with van der Waals surface area (Å²) in [4.78, 5) is 14.1. The molecule has 1 heterocycles. The number of nitrogens with zero attached hydrogens (tertiary/aromatic N) is 1. The molecule has 0 saturated carbocycles. The van der Waals surface area contributed by atoms with E-state index in [9.17, 15) is 4.79 Å². The summed E-state index contributed by atoms with van der Waals surface area (Å²) in [6.45, 7) is 3.56. The topological polar surface area (TPSA) is 56.0 Å². The zero-order valence-electron chi connectivity index (χ0n) is 6.60. The van der Waals surface area contributed by atoms with E-state index in [1.807, 2.05) is 0 Å². The highest BCUT2D eigenvalue weighted by Gasteiger charge is 2.00. The Kier molecular flexibility index (Phi) is 2.71. The lowest BCUT2D eigenvalue weighted by Crippen LogP contribution is -2.06. The molecular formula is C9H10N2O. The van der Waals surface area contributed by atoms with E-state index in [4.69, 9.17) is 5.73 Å². The van der Waals surface area contributed by atoms with Crippen molar-refractivity contribution in [3.05, 3.63) is 42.2 Å². The number of aldehydes is 1. The van der Waals surface area contributed by atoms with Crippen LogP contribution < -0.4 is 5.73 Å². The highest BCUT2D eigenvalue weighted by Crippen LogP contribution is 2.08. The Morgan fingerprint density at radius 1 is 1.58 bits per heavy atom. The second-order valence-electron chi connectivity index (χ2n) is 2.40. The first-order valence-electron chi connectivity index (χ1n) is 3.57. The molecule has 1 unspecified atom stereocenters. The lowest BCUT2D eigenvalue weighted by molar-refractivity contribution is 0.111. The van der Waals surface area contributed by atoms with Gasteiger partial charge in [0.05, 0.1) is 0 Å². The summed E-state index contributed by atoms with van der Waals surface area (Å²) in [5, 5.41) is 0. The van der Waals surface area contributed by atoms with Gasteiger partial charge in [-0.2, -0.15) is 0 Å². The first-order valence-corrected chi connectivity index (χ1v) is 3.57. The summed E-state index contributed by atoms with van der Waals surface area (Å²) in [5.74, 6) is 0. The molecule has 12 heavy (non-hydrogen) atoms. The largest absolute Gasteiger partial charge is 0.321 e. The van der Waals surface area contributed by atoms with Crippen LogP contribution in [0.2, 0.25) is 0 Å². The number of carbonyl (C=O) groups is 1. The van der Waals surface area contributed by atoms with Gasteiger partial charge in [0.25, 0.3) is 0 Å². The van der Waals surface area contributed by atoms with Gasteiger partial charge in [0.15, 0.2) is 6.29 Å². The van der Waals surface area contributed by atoms with Crippen molar-refractivity contribution in [1.82, 2.24) is 4.98 Å². The van der Waals surface area contributed by atoms with Gasteiger partial charge < -0.3 is 5.73 Å². The summed E-state index contributed by atoms with van der Waals surface area (Å²) in [6.07, 6.45) is 3.90. The predicted molar refractivity (Wildman–Crippen MR) is 46.7 cm³/mol. The van der Waals surface area contributed by atoms with Crippen LogP contribution in [0.3, 0.4) is 0 Å². The van der Waals surface area contributed by atoms with Crippen molar-refractivity contribution >= 4 is 6.29 Å². The van der Waals surface area contributed by atoms with Crippen molar-refractivity contribution in [2.45, 2.75) is 6.04 Å². The fraction of sp³-hybridized carbons (Fsp3) is 0.111. The lowest BCUT2D eigenvalue weighted by Gasteiger charge is -2.04. The highest BCUT2D eigenvalue weighted by molar-refractivity contribution is 5.71. The zero-order chi connectivity index (χ0) is 8.97. The minimum Gasteiger partial charge on any atom is -0.321 e. The Bertz CT molecular complexity index is 279. The summed E-state index contributed by atoms with van der Waals surface area (Å²) in [5.41, 5.74) is 6.91. The van der Waals surface area contributed by atoms with E-state index in [0.29, 0.717) is 12.0 Å². The van der Waals surface area contributed by atoms with Gasteiger partial charge in [-0.15, -0.1) is 6.58 Å². The standard InChI is InChI=1S/C9H10N2O/c1-2-9(10)7-3-4-8(6-12)11-5-7/h2-6,9H,1,10H2. The molecule has 1 aromatic rings. The highest BCUT2D eigenvalue weighted by atomic mass is 16.1. The van der Waals surface area contributed by atoms with E-state index >= 15 is 0 Å². The minimum atomic E-state index is -0.210. The van der Waals surface area contributed by atoms with Crippen molar-refractivity contribution in [1.29, 1.82) is 0 Å². The van der Waals surface area contributed by atoms with Gasteiger partial charge in [0.2, 0.25) is 0 Å². The quantitative estimate of drug-likeness (QED) is 0.534. The van der Waals surface area contributed by atoms with E-state index < -0.39 is 0 Å². The molecule has 1 atom stereocenters. The summed E-state index contributed by atoms with van der Waals surface area (Å²) < 4.78 is 0. The van der Waals surface area contributed by atoms with Crippen LogP contribution in [0.1, 0.15) is 22.1 Å². The molecule has 0 spiro atoms. The Morgan fingerprint density at radius 2 is 2.33 bits per heavy atom. The van der Waals surface area contributed by atoms with E-state index in [1.54, 1.807) is 24.4 Å². The molecule has 1 rings (SSSR count). The first kappa shape index (κ1) is 8.62. The van der Waals surface area contributed by atoms with Gasteiger partial charge in [-0.25, -0.2) is 0 Å². The van der Waals surface area contributed by atoms with Crippen LogP contribution in [0.25, 0.3) is 0 Å². The third-order valence-corrected chi connectivity index (χ3v) is 1.57. The van der Waals surface area contributed by atoms with E-state index in [2.05, 4.69) is 11.6 Å². The van der Waals surface area contributed by atoms with Crippen LogP contribution in [-0.4, -0.2) is 11.3 Å². The first-order chi connectivity index (χ1) is 5.77. The van der Waals surface area contributed by atoms with Crippen molar-refractivity contribution in [2.75, 3.05) is 0 Å². The average Bonchev–Trinajstić information content (AvgIpc) is 2.17. The normalized spacial score (nSPS) is 12.1. The fourth-order valence-electron chi connectivity index (χ4n) is 0.820. The summed E-state index contributed by atoms with van der Waals surface area (Å²) in [6, 6.07) is 3.19. The Hall–Kier alpha value is -1.48. The molecular weight excluding hydrogens is 152 g/mol. The molecule has 0 saturated heterocycles. The molecule has 0 fully saturated rings. The zero-order valence-corrected chi connectivity index (χ0v) is 6.60. The summed E-state index contributed by atoms with van der Waals surface area (Å²) >= 11 is 0. The predicted octanol–water partition coefficient (Wildman–Crippen LogP) is 1.08. The average molecular weight is 162 g/mol. The second kappa shape index (κ2) is 3.78. The Morgan fingerprint density at radius 3 is 2.75 bits per heavy atom. The number of hydrogen-bond donors (Lipinski definition) is 1. The molecule has 0 aliphatic rings. The van der Waals surface area contributed by atoms with Crippen LogP contribution in [-0.2, 0) is 0 Å². The van der Waals surface area contributed by atoms with Crippen molar-refractivity contribution < 1.29 is 4.79 Å². The van der Waals surface area contributed by atoms with Crippen molar-refractivity contribution in [3.63, 3.8) is 0 Å². The van der Waals surface area contributed by atoms with Gasteiger partial charge in [-0.05, 0) is 11.6 Å². The second-order valence-corrected chi connectivity index (χ2v) is 2.40. The number of rotatable bonds is 3. The van der Waals surface area contributed by atoms with E-state index in [0.717, 1.165) is 5.56 Å². The van der Waals surface area contributed by atoms with Crippen LogP contribution >= 0.6 is 0 Å². The van der Waals surface area contributed by atoms with Gasteiger partial charge in [-0.3, -0.25) is 9.78 Å². The van der Waals surface area contributed by atoms with E-state index in [1.165, 1.54) is 0 Å². The molecule has 2 N–H and O–H groups in total. The molecule has 0 bridgehead atoms. The summed E-state index contributed by atoms with van der Waals surface area (Å²) in [7, 11) is 0. The van der Waals surface area contributed by atoms with Gasteiger partial charge in [0, 0.05) is 12.2 Å². The molecule has 3 nitrogen and oxygen atoms in total. The number of aromatic nitrogens is 1. The molecule has 0 amide bonds. The van der Waals surface area contributed by atoms with E-state index in [-0.39, 0.29) is 6.04 Å². The Balaban J connectivity index is 2.91. The molecule has 1 aromatic heterocycles. The van der Waals surface area contributed by atoms with Crippen LogP contribution in [0.4, 0.5) is 0 Å². The maximum Gasteiger partial charge on any atom is 0.168 e. The van der Waals surface area contributed by atoms with Crippen LogP contribution in [0.5, 0.6) is 0 Å². The van der Waals surface area contributed by atoms with Gasteiger partial charge >= 0.3 is 0 Å². The Labute approximate surface area is 70.9 Å². The fourth-order valence-corrected chi connectivity index (χ4v) is 0.820. The third kappa shape index (κ3) is 1.77. The molecule has 0 aliphatic heterocycles. The minimum absolute atomic E-state index is 0.210. The molecule has 3 heteroatoms. The number of hydrogen-bond acceptors (Lipinski definition) is 3. The van der Waals surface area contributed by atoms with Crippen LogP contribution in [0, 0.1) is 0 Å². The lowest BCUT2D eigenvalue weighted by atomic mass is 10.1. The van der Waals surface area contributed by atoms with Gasteiger partial charge in [-0.1, -0.05) is 12.1 Å². The molecule has 0 aromatic carbocycles. The monoisotopic (exact) mass is 162 g/mol. The van der Waals surface area contributed by atoms with Crippen molar-refractivity contribution in [2.24, 2.45) is 5.73 Å². The maximum absolute atomic E-state index is 10.2. The SMILES string of the molecule is C=CC(N)c1ccc(C=O)nc1. The van der Waals surface area contributed by atoms with Gasteiger partial charge in [0.1, 0.15) is 5.69 Å². The molecule has 0 aliphatic carbocycles.